The maximum Gasteiger partial charge on any atom is 0.332 e. The Morgan fingerprint density at radius 2 is 1.04 bits per heavy atom. The fourth-order valence-corrected chi connectivity index (χ4v) is 3.39. The second kappa shape index (κ2) is 8.06. The first-order chi connectivity index (χ1) is 11.5. The molecule has 0 N–H and O–H groups in total. The summed E-state index contributed by atoms with van der Waals surface area (Å²) in [6.45, 7) is 0. The van der Waals surface area contributed by atoms with Crippen LogP contribution in [0.5, 0.6) is 0 Å². The summed E-state index contributed by atoms with van der Waals surface area (Å²) >= 11 is 0. The van der Waals surface area contributed by atoms with E-state index in [0.29, 0.717) is 25.7 Å². The van der Waals surface area contributed by atoms with Crippen molar-refractivity contribution < 1.29 is 19.1 Å². The molecule has 128 valence electrons. The lowest BCUT2D eigenvalue weighted by Gasteiger charge is -2.32. The third-order valence-corrected chi connectivity index (χ3v) is 4.80. The van der Waals surface area contributed by atoms with Crippen molar-refractivity contribution in [3.05, 3.63) is 12.2 Å². The monoisotopic (exact) mass is 328 g/mol. The minimum Gasteiger partial charge on any atom is -0.443 e. The maximum absolute atomic E-state index is 12.0. The van der Waals surface area contributed by atoms with E-state index >= 15 is 0 Å². The molecular formula is C20H24O4. The van der Waals surface area contributed by atoms with Gasteiger partial charge in [-0.3, -0.25) is 0 Å². The lowest BCUT2D eigenvalue weighted by molar-refractivity contribution is -0.153. The molecule has 0 aromatic carbocycles. The van der Waals surface area contributed by atoms with E-state index in [2.05, 4.69) is 11.8 Å². The molecule has 2 aliphatic rings. The summed E-state index contributed by atoms with van der Waals surface area (Å²) in [5, 5.41) is 0. The first kappa shape index (κ1) is 18.1. The molecule has 4 heteroatoms. The molecule has 0 aliphatic heterocycles. The van der Waals surface area contributed by atoms with Crippen LogP contribution in [0.3, 0.4) is 0 Å². The van der Waals surface area contributed by atoms with E-state index < -0.39 is 23.1 Å². The highest BCUT2D eigenvalue weighted by molar-refractivity contribution is 5.92. The topological polar surface area (TPSA) is 52.6 Å². The average Bonchev–Trinajstić information content (AvgIpc) is 2.61. The summed E-state index contributed by atoms with van der Waals surface area (Å²) in [7, 11) is 0. The van der Waals surface area contributed by atoms with Gasteiger partial charge in [-0.1, -0.05) is 24.7 Å². The summed E-state index contributed by atoms with van der Waals surface area (Å²) < 4.78 is 10.8. The average molecular weight is 328 g/mol. The number of ether oxygens (including phenoxy) is 2. The Bertz CT molecular complexity index is 524. The Morgan fingerprint density at radius 1 is 0.708 bits per heavy atom. The van der Waals surface area contributed by atoms with Gasteiger partial charge in [0.1, 0.15) is 0 Å². The maximum atomic E-state index is 12.0. The van der Waals surface area contributed by atoms with Crippen molar-refractivity contribution in [1.82, 2.24) is 0 Å². The van der Waals surface area contributed by atoms with Gasteiger partial charge in [0.25, 0.3) is 0 Å². The zero-order valence-electron chi connectivity index (χ0n) is 14.0. The van der Waals surface area contributed by atoms with Crippen LogP contribution in [-0.2, 0) is 19.1 Å². The number of hydrogen-bond donors (Lipinski definition) is 0. The lowest BCUT2D eigenvalue weighted by atomic mass is 9.85. The van der Waals surface area contributed by atoms with Gasteiger partial charge in [-0.25, -0.2) is 9.59 Å². The molecule has 2 rings (SSSR count). The molecule has 0 heterocycles. The summed E-state index contributed by atoms with van der Waals surface area (Å²) in [6, 6.07) is 0. The fraction of sp³-hybridized carbons (Fsp3) is 0.600. The molecular weight excluding hydrogens is 304 g/mol. The van der Waals surface area contributed by atoms with E-state index in [0.717, 1.165) is 50.7 Å². The first-order valence-corrected chi connectivity index (χ1v) is 8.63. The van der Waals surface area contributed by atoms with Gasteiger partial charge < -0.3 is 9.47 Å². The van der Waals surface area contributed by atoms with Crippen molar-refractivity contribution in [3.8, 4) is 24.7 Å². The van der Waals surface area contributed by atoms with Gasteiger partial charge in [0.2, 0.25) is 0 Å². The summed E-state index contributed by atoms with van der Waals surface area (Å²) in [5.41, 5.74) is -1.68. The van der Waals surface area contributed by atoms with E-state index in [1.165, 1.54) is 0 Å². The van der Waals surface area contributed by atoms with Gasteiger partial charge in [0.05, 0.1) is 0 Å². The number of esters is 2. The molecule has 0 spiro atoms. The molecule has 0 aromatic heterocycles. The standard InChI is InChI=1S/C20H24O4/c1-3-19(13-7-5-8-14-19)23-17(21)11-12-18(22)24-20(4-2)15-9-6-10-16-20/h1-2,11-12H,5-10,13-16H2/b12-11-. The fourth-order valence-electron chi connectivity index (χ4n) is 3.39. The third kappa shape index (κ3) is 4.65. The van der Waals surface area contributed by atoms with Crippen LogP contribution in [0.1, 0.15) is 64.2 Å². The van der Waals surface area contributed by atoms with Crippen LogP contribution in [0.15, 0.2) is 12.2 Å². The van der Waals surface area contributed by atoms with Crippen molar-refractivity contribution in [3.63, 3.8) is 0 Å². The Balaban J connectivity index is 1.90. The number of carbonyl (C=O) groups excluding carboxylic acids is 2. The molecule has 0 amide bonds. The smallest absolute Gasteiger partial charge is 0.332 e. The Hall–Kier alpha value is -2.20. The molecule has 0 unspecified atom stereocenters. The van der Waals surface area contributed by atoms with E-state index in [9.17, 15) is 9.59 Å². The Morgan fingerprint density at radius 3 is 1.33 bits per heavy atom. The van der Waals surface area contributed by atoms with Gasteiger partial charge in [0, 0.05) is 12.2 Å². The largest absolute Gasteiger partial charge is 0.443 e. The van der Waals surface area contributed by atoms with Crippen molar-refractivity contribution >= 4 is 11.9 Å². The van der Waals surface area contributed by atoms with Crippen LogP contribution >= 0.6 is 0 Å². The van der Waals surface area contributed by atoms with Gasteiger partial charge in [-0.15, -0.1) is 12.8 Å². The second-order valence-corrected chi connectivity index (χ2v) is 6.57. The van der Waals surface area contributed by atoms with Crippen LogP contribution in [0.2, 0.25) is 0 Å². The second-order valence-electron chi connectivity index (χ2n) is 6.57. The van der Waals surface area contributed by atoms with E-state index in [1.54, 1.807) is 0 Å². The van der Waals surface area contributed by atoms with E-state index in [1.807, 2.05) is 0 Å². The summed E-state index contributed by atoms with van der Waals surface area (Å²) in [4.78, 5) is 23.9. The highest BCUT2D eigenvalue weighted by Crippen LogP contribution is 2.32. The van der Waals surface area contributed by atoms with Gasteiger partial charge in [0.15, 0.2) is 11.2 Å². The zero-order chi connectivity index (χ0) is 17.5. The predicted molar refractivity (Wildman–Crippen MR) is 90.6 cm³/mol. The molecule has 0 bridgehead atoms. The van der Waals surface area contributed by atoms with Crippen LogP contribution in [-0.4, -0.2) is 23.1 Å². The molecule has 0 saturated heterocycles. The normalized spacial score (nSPS) is 22.1. The highest BCUT2D eigenvalue weighted by Gasteiger charge is 2.34. The van der Waals surface area contributed by atoms with Crippen LogP contribution in [0.25, 0.3) is 0 Å². The Labute approximate surface area is 144 Å². The third-order valence-electron chi connectivity index (χ3n) is 4.80. The summed E-state index contributed by atoms with van der Waals surface area (Å²) in [5.74, 6) is 3.95. The minimum absolute atomic E-state index is 0.620. The SMILES string of the molecule is C#CC1(OC(=O)/C=C\C(=O)OC2(C#C)CCCCC2)CCCCC1. The molecule has 0 atom stereocenters. The van der Waals surface area contributed by atoms with Crippen molar-refractivity contribution in [2.24, 2.45) is 0 Å². The van der Waals surface area contributed by atoms with Gasteiger partial charge in [-0.2, -0.15) is 0 Å². The van der Waals surface area contributed by atoms with Crippen molar-refractivity contribution in [2.75, 3.05) is 0 Å². The minimum atomic E-state index is -0.840. The lowest BCUT2D eigenvalue weighted by Crippen LogP contribution is -2.36. The van der Waals surface area contributed by atoms with Crippen LogP contribution < -0.4 is 0 Å². The first-order valence-electron chi connectivity index (χ1n) is 8.63. The van der Waals surface area contributed by atoms with Gasteiger partial charge >= 0.3 is 11.9 Å². The van der Waals surface area contributed by atoms with E-state index in [-0.39, 0.29) is 0 Å². The molecule has 0 radical (unpaired) electrons. The number of rotatable bonds is 4. The molecule has 2 fully saturated rings. The molecule has 24 heavy (non-hydrogen) atoms. The number of hydrogen-bond acceptors (Lipinski definition) is 4. The Kier molecular flexibility index (Phi) is 6.10. The van der Waals surface area contributed by atoms with Crippen molar-refractivity contribution in [1.29, 1.82) is 0 Å². The van der Waals surface area contributed by atoms with Crippen LogP contribution in [0, 0.1) is 24.7 Å². The van der Waals surface area contributed by atoms with E-state index in [4.69, 9.17) is 22.3 Å². The van der Waals surface area contributed by atoms with Crippen LogP contribution in [0.4, 0.5) is 0 Å². The highest BCUT2D eigenvalue weighted by atomic mass is 16.6. The number of terminal acetylenes is 2. The summed E-state index contributed by atoms with van der Waals surface area (Å²) in [6.07, 6.45) is 21.8. The zero-order valence-corrected chi connectivity index (χ0v) is 14.0. The molecule has 2 saturated carbocycles. The molecule has 4 nitrogen and oxygen atoms in total. The molecule has 0 aromatic rings. The van der Waals surface area contributed by atoms with Gasteiger partial charge in [-0.05, 0) is 51.4 Å². The quantitative estimate of drug-likeness (QED) is 0.451. The number of carbonyl (C=O) groups is 2. The predicted octanol–water partition coefficient (Wildman–Crippen LogP) is 3.30. The van der Waals surface area contributed by atoms with Crippen molar-refractivity contribution in [2.45, 2.75) is 75.4 Å². The molecule has 2 aliphatic carbocycles.